The van der Waals surface area contributed by atoms with Crippen molar-refractivity contribution in [3.8, 4) is 0 Å². The van der Waals surface area contributed by atoms with Crippen LogP contribution in [0.5, 0.6) is 0 Å². The summed E-state index contributed by atoms with van der Waals surface area (Å²) in [5.41, 5.74) is 1.33. The molecule has 1 aromatic heterocycles. The summed E-state index contributed by atoms with van der Waals surface area (Å²) in [5, 5.41) is 7.11. The normalized spacial score (nSPS) is 12.6. The first-order chi connectivity index (χ1) is 10.4. The predicted molar refractivity (Wildman–Crippen MR) is 89.7 cm³/mol. The summed E-state index contributed by atoms with van der Waals surface area (Å²) in [5.74, 6) is 0.958. The van der Waals surface area contributed by atoms with E-state index < -0.39 is 0 Å². The summed E-state index contributed by atoms with van der Waals surface area (Å²) >= 11 is 1.75. The van der Waals surface area contributed by atoms with E-state index in [0.717, 1.165) is 17.5 Å². The fourth-order valence-electron chi connectivity index (χ4n) is 2.44. The molecule has 0 amide bonds. The molecule has 1 unspecified atom stereocenters. The number of fused-ring (bicyclic) bond motifs is 1. The third kappa shape index (κ3) is 3.46. The van der Waals surface area contributed by atoms with E-state index in [2.05, 4.69) is 64.7 Å². The summed E-state index contributed by atoms with van der Waals surface area (Å²) in [6, 6.07) is 15.5. The zero-order valence-corrected chi connectivity index (χ0v) is 12.9. The first-order valence-corrected chi connectivity index (χ1v) is 8.19. The van der Waals surface area contributed by atoms with Crippen LogP contribution in [0.25, 0.3) is 10.8 Å². The summed E-state index contributed by atoms with van der Waals surface area (Å²) in [7, 11) is 0. The van der Waals surface area contributed by atoms with E-state index in [4.69, 9.17) is 0 Å². The highest BCUT2D eigenvalue weighted by molar-refractivity contribution is 7.99. The number of imidazole rings is 1. The molecule has 0 aliphatic rings. The molecule has 0 spiro atoms. The molecule has 21 heavy (non-hydrogen) atoms. The number of aromatic amines is 1. The van der Waals surface area contributed by atoms with Gasteiger partial charge in [-0.05, 0) is 28.9 Å². The summed E-state index contributed by atoms with van der Waals surface area (Å²) in [6.45, 7) is 3.10. The fraction of sp³-hybridized carbons (Fsp3) is 0.235. The maximum Gasteiger partial charge on any atom is 0.165 e. The van der Waals surface area contributed by atoms with Gasteiger partial charge >= 0.3 is 0 Å². The molecule has 4 heteroatoms. The average molecular weight is 297 g/mol. The highest BCUT2D eigenvalue weighted by atomic mass is 32.2. The molecular weight excluding hydrogens is 278 g/mol. The Labute approximate surface area is 129 Å². The number of H-pyrrole nitrogens is 1. The van der Waals surface area contributed by atoms with Gasteiger partial charge in [0.15, 0.2) is 5.16 Å². The van der Waals surface area contributed by atoms with Gasteiger partial charge in [0.05, 0.1) is 0 Å². The molecule has 0 bridgehead atoms. The molecule has 2 aromatic carbocycles. The molecule has 2 N–H and O–H groups in total. The third-order valence-electron chi connectivity index (χ3n) is 3.49. The van der Waals surface area contributed by atoms with Crippen molar-refractivity contribution in [3.63, 3.8) is 0 Å². The van der Waals surface area contributed by atoms with Gasteiger partial charge in [-0.15, -0.1) is 0 Å². The van der Waals surface area contributed by atoms with Gasteiger partial charge in [0.2, 0.25) is 0 Å². The van der Waals surface area contributed by atoms with Crippen LogP contribution in [0, 0.1) is 0 Å². The predicted octanol–water partition coefficient (Wildman–Crippen LogP) is 4.01. The lowest BCUT2D eigenvalue weighted by atomic mass is 10.0. The van der Waals surface area contributed by atoms with Gasteiger partial charge in [0.1, 0.15) is 0 Å². The topological polar surface area (TPSA) is 40.7 Å². The smallest absolute Gasteiger partial charge is 0.165 e. The standard InChI is InChI=1S/C17H19N3S/c1-2-18-16(12-21-17-19-9-10-20-17)15-8-7-13-5-3-4-6-14(13)11-15/h3-11,16,18H,2,12H2,1H3,(H,19,20). The van der Waals surface area contributed by atoms with Crippen LogP contribution >= 0.6 is 11.8 Å². The SMILES string of the molecule is CCNC(CSc1ncc[nH]1)c1ccc2ccccc2c1. The highest BCUT2D eigenvalue weighted by Crippen LogP contribution is 2.25. The quantitative estimate of drug-likeness (QED) is 0.676. The molecule has 3 rings (SSSR count). The zero-order chi connectivity index (χ0) is 14.5. The minimum Gasteiger partial charge on any atom is -0.340 e. The van der Waals surface area contributed by atoms with Crippen LogP contribution in [0.15, 0.2) is 60.0 Å². The van der Waals surface area contributed by atoms with E-state index in [0.29, 0.717) is 6.04 Å². The summed E-state index contributed by atoms with van der Waals surface area (Å²) < 4.78 is 0. The van der Waals surface area contributed by atoms with Crippen LogP contribution in [0.3, 0.4) is 0 Å². The number of benzene rings is 2. The van der Waals surface area contributed by atoms with Crippen LogP contribution < -0.4 is 5.32 Å². The number of thioether (sulfide) groups is 1. The van der Waals surface area contributed by atoms with Crippen LogP contribution in [0.2, 0.25) is 0 Å². The zero-order valence-electron chi connectivity index (χ0n) is 12.0. The van der Waals surface area contributed by atoms with Crippen molar-refractivity contribution in [2.75, 3.05) is 12.3 Å². The average Bonchev–Trinajstić information content (AvgIpc) is 3.04. The van der Waals surface area contributed by atoms with Crippen molar-refractivity contribution in [1.29, 1.82) is 0 Å². The first-order valence-electron chi connectivity index (χ1n) is 7.21. The van der Waals surface area contributed by atoms with Crippen molar-refractivity contribution in [2.45, 2.75) is 18.1 Å². The Kier molecular flexibility index (Phi) is 4.58. The minimum absolute atomic E-state index is 0.328. The number of hydrogen-bond acceptors (Lipinski definition) is 3. The molecule has 0 aliphatic carbocycles. The van der Waals surface area contributed by atoms with E-state index in [-0.39, 0.29) is 0 Å². The van der Waals surface area contributed by atoms with Gasteiger partial charge in [0.25, 0.3) is 0 Å². The Morgan fingerprint density at radius 2 is 2.05 bits per heavy atom. The largest absolute Gasteiger partial charge is 0.340 e. The van der Waals surface area contributed by atoms with Crippen molar-refractivity contribution in [3.05, 3.63) is 60.4 Å². The third-order valence-corrected chi connectivity index (χ3v) is 4.48. The van der Waals surface area contributed by atoms with Crippen molar-refractivity contribution >= 4 is 22.5 Å². The highest BCUT2D eigenvalue weighted by Gasteiger charge is 2.12. The van der Waals surface area contributed by atoms with E-state index in [9.17, 15) is 0 Å². The maximum absolute atomic E-state index is 4.27. The second kappa shape index (κ2) is 6.78. The second-order valence-electron chi connectivity index (χ2n) is 4.92. The van der Waals surface area contributed by atoms with Crippen LogP contribution in [0.1, 0.15) is 18.5 Å². The lowest BCUT2D eigenvalue weighted by Crippen LogP contribution is -2.23. The molecule has 1 heterocycles. The monoisotopic (exact) mass is 297 g/mol. The first kappa shape index (κ1) is 14.2. The minimum atomic E-state index is 0.328. The Balaban J connectivity index is 1.80. The summed E-state index contributed by atoms with van der Waals surface area (Å²) in [6.07, 6.45) is 3.65. The Morgan fingerprint density at radius 1 is 1.19 bits per heavy atom. The Hall–Kier alpha value is -1.78. The van der Waals surface area contributed by atoms with E-state index in [1.807, 2.05) is 6.20 Å². The van der Waals surface area contributed by atoms with Crippen molar-refractivity contribution in [2.24, 2.45) is 0 Å². The molecule has 3 aromatic rings. The Bertz CT molecular complexity index is 694. The van der Waals surface area contributed by atoms with E-state index >= 15 is 0 Å². The molecule has 108 valence electrons. The van der Waals surface area contributed by atoms with Gasteiger partial charge < -0.3 is 10.3 Å². The van der Waals surface area contributed by atoms with E-state index in [1.165, 1.54) is 16.3 Å². The molecule has 0 aliphatic heterocycles. The fourth-order valence-corrected chi connectivity index (χ4v) is 3.36. The molecule has 3 nitrogen and oxygen atoms in total. The van der Waals surface area contributed by atoms with Gasteiger partial charge in [-0.3, -0.25) is 0 Å². The molecular formula is C17H19N3S. The lowest BCUT2D eigenvalue weighted by Gasteiger charge is -2.18. The molecule has 0 saturated heterocycles. The van der Waals surface area contributed by atoms with E-state index in [1.54, 1.807) is 18.0 Å². The number of nitrogens with one attached hydrogen (secondary N) is 2. The van der Waals surface area contributed by atoms with Crippen molar-refractivity contribution in [1.82, 2.24) is 15.3 Å². The summed E-state index contributed by atoms with van der Waals surface area (Å²) in [4.78, 5) is 7.41. The second-order valence-corrected chi connectivity index (χ2v) is 5.93. The Morgan fingerprint density at radius 3 is 2.81 bits per heavy atom. The molecule has 0 fully saturated rings. The van der Waals surface area contributed by atoms with Crippen LogP contribution in [0.4, 0.5) is 0 Å². The van der Waals surface area contributed by atoms with Gasteiger partial charge in [-0.1, -0.05) is 55.1 Å². The lowest BCUT2D eigenvalue weighted by molar-refractivity contribution is 0.606. The van der Waals surface area contributed by atoms with Crippen molar-refractivity contribution < 1.29 is 0 Å². The van der Waals surface area contributed by atoms with Gasteiger partial charge in [-0.25, -0.2) is 4.98 Å². The van der Waals surface area contributed by atoms with Gasteiger partial charge in [-0.2, -0.15) is 0 Å². The van der Waals surface area contributed by atoms with Crippen LogP contribution in [-0.4, -0.2) is 22.3 Å². The van der Waals surface area contributed by atoms with Gasteiger partial charge in [0, 0.05) is 24.2 Å². The molecule has 0 saturated carbocycles. The number of aromatic nitrogens is 2. The number of nitrogens with zero attached hydrogens (tertiary/aromatic N) is 1. The number of hydrogen-bond donors (Lipinski definition) is 2. The maximum atomic E-state index is 4.27. The molecule has 0 radical (unpaired) electrons. The van der Waals surface area contributed by atoms with Crippen LogP contribution in [-0.2, 0) is 0 Å². The number of rotatable bonds is 6. The molecule has 1 atom stereocenters.